The van der Waals surface area contributed by atoms with Crippen LogP contribution in [0.5, 0.6) is 0 Å². The summed E-state index contributed by atoms with van der Waals surface area (Å²) >= 11 is 0. The molecule has 0 amide bonds. The molecule has 6 nitrogen and oxygen atoms in total. The Bertz CT molecular complexity index is 574. The Labute approximate surface area is 127 Å². The van der Waals surface area contributed by atoms with E-state index < -0.39 is 10.0 Å². The molecule has 1 N–H and O–H groups in total. The Morgan fingerprint density at radius 1 is 1.29 bits per heavy atom. The fourth-order valence-electron chi connectivity index (χ4n) is 2.69. The fraction of sp³-hybridized carbons (Fsp3) is 0.714. The summed E-state index contributed by atoms with van der Waals surface area (Å²) in [5.74, 6) is 0.919. The predicted molar refractivity (Wildman–Crippen MR) is 83.9 cm³/mol. The number of hydrogen-bond acceptors (Lipinski definition) is 5. The number of rotatable bonds is 7. The van der Waals surface area contributed by atoms with Gasteiger partial charge in [0.2, 0.25) is 10.0 Å². The van der Waals surface area contributed by atoms with Crippen LogP contribution in [0.2, 0.25) is 0 Å². The average Bonchev–Trinajstić information content (AvgIpc) is 2.46. The van der Waals surface area contributed by atoms with Gasteiger partial charge in [-0.25, -0.2) is 22.7 Å². The van der Waals surface area contributed by atoms with Crippen molar-refractivity contribution >= 4 is 15.8 Å². The monoisotopic (exact) mass is 312 g/mol. The van der Waals surface area contributed by atoms with Gasteiger partial charge in [0.05, 0.1) is 6.26 Å². The van der Waals surface area contributed by atoms with Crippen molar-refractivity contribution in [3.05, 3.63) is 17.6 Å². The molecule has 1 aromatic heterocycles. The maximum absolute atomic E-state index is 11.5. The van der Waals surface area contributed by atoms with Crippen molar-refractivity contribution in [2.75, 3.05) is 31.2 Å². The average molecular weight is 312 g/mol. The number of anilines is 1. The summed E-state index contributed by atoms with van der Waals surface area (Å²) < 4.78 is 24.5. The molecular weight excluding hydrogens is 288 g/mol. The molecule has 2 rings (SSSR count). The van der Waals surface area contributed by atoms with Gasteiger partial charge in [-0.1, -0.05) is 6.92 Å². The van der Waals surface area contributed by atoms with E-state index in [9.17, 15) is 8.42 Å². The van der Waals surface area contributed by atoms with Crippen LogP contribution in [0.15, 0.2) is 6.33 Å². The molecule has 1 aliphatic carbocycles. The third-order valence-corrected chi connectivity index (χ3v) is 5.20. The predicted octanol–water partition coefficient (Wildman–Crippen LogP) is 1.44. The van der Waals surface area contributed by atoms with Gasteiger partial charge >= 0.3 is 0 Å². The smallest absolute Gasteiger partial charge is 0.211 e. The van der Waals surface area contributed by atoms with Crippen molar-refractivity contribution in [3.8, 4) is 0 Å². The number of aromatic nitrogens is 2. The lowest BCUT2D eigenvalue weighted by Gasteiger charge is -2.19. The van der Waals surface area contributed by atoms with E-state index in [1.54, 1.807) is 6.33 Å². The zero-order valence-electron chi connectivity index (χ0n) is 12.8. The van der Waals surface area contributed by atoms with Crippen LogP contribution in [0.3, 0.4) is 0 Å². The second-order valence-corrected chi connectivity index (χ2v) is 7.37. The molecule has 1 aromatic rings. The first kappa shape index (κ1) is 16.2. The minimum absolute atomic E-state index is 0.516. The summed E-state index contributed by atoms with van der Waals surface area (Å²) in [5.41, 5.74) is 2.39. The van der Waals surface area contributed by atoms with E-state index in [0.29, 0.717) is 13.1 Å². The SMILES string of the molecule is CCN(CCCNc1ncnc2c1CCCC2)S(C)(=O)=O. The summed E-state index contributed by atoms with van der Waals surface area (Å²) in [6, 6.07) is 0. The Kier molecular flexibility index (Phi) is 5.52. The number of aryl methyl sites for hydroxylation is 1. The zero-order chi connectivity index (χ0) is 15.3. The van der Waals surface area contributed by atoms with Gasteiger partial charge in [-0.15, -0.1) is 0 Å². The van der Waals surface area contributed by atoms with Crippen molar-refractivity contribution in [1.29, 1.82) is 0 Å². The van der Waals surface area contributed by atoms with Crippen LogP contribution in [0.1, 0.15) is 37.4 Å². The Balaban J connectivity index is 1.87. The first-order chi connectivity index (χ1) is 10.0. The van der Waals surface area contributed by atoms with Crippen LogP contribution < -0.4 is 5.32 Å². The number of nitrogens with zero attached hydrogens (tertiary/aromatic N) is 3. The van der Waals surface area contributed by atoms with E-state index in [4.69, 9.17) is 0 Å². The maximum Gasteiger partial charge on any atom is 0.211 e. The third-order valence-electron chi connectivity index (χ3n) is 3.82. The molecule has 0 saturated carbocycles. The molecule has 0 saturated heterocycles. The molecule has 0 aliphatic heterocycles. The van der Waals surface area contributed by atoms with Gasteiger partial charge in [0.25, 0.3) is 0 Å². The van der Waals surface area contributed by atoms with Crippen molar-refractivity contribution in [3.63, 3.8) is 0 Å². The molecule has 118 valence electrons. The van der Waals surface area contributed by atoms with Crippen molar-refractivity contribution in [2.24, 2.45) is 0 Å². The highest BCUT2D eigenvalue weighted by atomic mass is 32.2. The first-order valence-corrected chi connectivity index (χ1v) is 9.39. The van der Waals surface area contributed by atoms with Gasteiger partial charge in [0.1, 0.15) is 12.1 Å². The topological polar surface area (TPSA) is 75.2 Å². The number of hydrogen-bond donors (Lipinski definition) is 1. The van der Waals surface area contributed by atoms with E-state index in [1.807, 2.05) is 6.92 Å². The summed E-state index contributed by atoms with van der Waals surface area (Å²) in [7, 11) is -3.09. The largest absolute Gasteiger partial charge is 0.370 e. The van der Waals surface area contributed by atoms with E-state index in [0.717, 1.165) is 37.3 Å². The second kappa shape index (κ2) is 7.17. The highest BCUT2D eigenvalue weighted by Crippen LogP contribution is 2.24. The molecule has 0 aromatic carbocycles. The van der Waals surface area contributed by atoms with Crippen LogP contribution in [0.4, 0.5) is 5.82 Å². The van der Waals surface area contributed by atoms with Gasteiger partial charge in [0.15, 0.2) is 0 Å². The molecule has 1 heterocycles. The minimum Gasteiger partial charge on any atom is -0.370 e. The van der Waals surface area contributed by atoms with E-state index >= 15 is 0 Å². The second-order valence-electron chi connectivity index (χ2n) is 5.39. The Morgan fingerprint density at radius 2 is 2.05 bits per heavy atom. The number of fused-ring (bicyclic) bond motifs is 1. The van der Waals surface area contributed by atoms with E-state index in [2.05, 4.69) is 15.3 Å². The highest BCUT2D eigenvalue weighted by molar-refractivity contribution is 7.88. The minimum atomic E-state index is -3.09. The maximum atomic E-state index is 11.5. The van der Waals surface area contributed by atoms with E-state index in [-0.39, 0.29) is 0 Å². The lowest BCUT2D eigenvalue weighted by atomic mass is 9.96. The van der Waals surface area contributed by atoms with Crippen LogP contribution in [0.25, 0.3) is 0 Å². The summed E-state index contributed by atoms with van der Waals surface area (Å²) in [4.78, 5) is 8.67. The van der Waals surface area contributed by atoms with E-state index in [1.165, 1.54) is 29.0 Å². The van der Waals surface area contributed by atoms with Gasteiger partial charge in [-0.2, -0.15) is 0 Å². The molecular formula is C14H24N4O2S. The molecule has 0 bridgehead atoms. The van der Waals surface area contributed by atoms with Crippen molar-refractivity contribution in [2.45, 2.75) is 39.0 Å². The first-order valence-electron chi connectivity index (χ1n) is 7.54. The van der Waals surface area contributed by atoms with Crippen LogP contribution >= 0.6 is 0 Å². The van der Waals surface area contributed by atoms with Gasteiger partial charge < -0.3 is 5.32 Å². The van der Waals surface area contributed by atoms with Gasteiger partial charge in [0, 0.05) is 30.9 Å². The fourth-order valence-corrected chi connectivity index (χ4v) is 3.62. The molecule has 0 radical (unpaired) electrons. The normalized spacial score (nSPS) is 15.0. The zero-order valence-corrected chi connectivity index (χ0v) is 13.6. The number of sulfonamides is 1. The van der Waals surface area contributed by atoms with Crippen LogP contribution in [-0.2, 0) is 22.9 Å². The summed E-state index contributed by atoms with van der Waals surface area (Å²) in [5, 5.41) is 3.33. The lowest BCUT2D eigenvalue weighted by Crippen LogP contribution is -2.31. The lowest BCUT2D eigenvalue weighted by molar-refractivity contribution is 0.428. The van der Waals surface area contributed by atoms with Gasteiger partial charge in [-0.3, -0.25) is 0 Å². The highest BCUT2D eigenvalue weighted by Gasteiger charge is 2.16. The van der Waals surface area contributed by atoms with Crippen LogP contribution in [0, 0.1) is 0 Å². The summed E-state index contributed by atoms with van der Waals surface area (Å²) in [6.45, 7) is 3.63. The molecule has 0 fully saturated rings. The molecule has 0 unspecified atom stereocenters. The molecule has 7 heteroatoms. The third kappa shape index (κ3) is 4.38. The standard InChI is InChI=1S/C14H24N4O2S/c1-3-18(21(2,19)20)10-6-9-15-14-12-7-4-5-8-13(12)16-11-17-14/h11H,3-10H2,1-2H3,(H,15,16,17). The molecule has 0 spiro atoms. The molecule has 0 atom stereocenters. The molecule has 1 aliphatic rings. The Morgan fingerprint density at radius 3 is 2.76 bits per heavy atom. The summed E-state index contributed by atoms with van der Waals surface area (Å²) in [6.07, 6.45) is 8.08. The van der Waals surface area contributed by atoms with Crippen molar-refractivity contribution in [1.82, 2.24) is 14.3 Å². The Hall–Kier alpha value is -1.21. The van der Waals surface area contributed by atoms with Crippen molar-refractivity contribution < 1.29 is 8.42 Å². The number of nitrogens with one attached hydrogen (secondary N) is 1. The quantitative estimate of drug-likeness (QED) is 0.771. The van der Waals surface area contributed by atoms with Crippen LogP contribution in [-0.4, -0.2) is 48.6 Å². The van der Waals surface area contributed by atoms with Gasteiger partial charge in [-0.05, 0) is 32.1 Å². The molecule has 21 heavy (non-hydrogen) atoms.